The van der Waals surface area contributed by atoms with E-state index in [4.69, 9.17) is 9.47 Å². The molecule has 0 bridgehead atoms. The van der Waals surface area contributed by atoms with Gasteiger partial charge in [0.25, 0.3) is 0 Å². The van der Waals surface area contributed by atoms with Crippen LogP contribution in [-0.2, 0) is 11.2 Å². The van der Waals surface area contributed by atoms with E-state index in [0.29, 0.717) is 6.04 Å². The lowest BCUT2D eigenvalue weighted by Gasteiger charge is -2.25. The van der Waals surface area contributed by atoms with Gasteiger partial charge in [-0.1, -0.05) is 6.07 Å². The molecule has 0 saturated heterocycles. The molecule has 0 aliphatic heterocycles. The fraction of sp³-hybridized carbons (Fsp3) is 0.625. The van der Waals surface area contributed by atoms with Gasteiger partial charge in [0.1, 0.15) is 5.75 Å². The van der Waals surface area contributed by atoms with Gasteiger partial charge in [-0.3, -0.25) is 0 Å². The first-order valence-corrected chi connectivity index (χ1v) is 7.27. The summed E-state index contributed by atoms with van der Waals surface area (Å²) in [5.74, 6) is 0.998. The lowest BCUT2D eigenvalue weighted by Crippen LogP contribution is -2.21. The molecule has 19 heavy (non-hydrogen) atoms. The average Bonchev–Trinajstić information content (AvgIpc) is 2.46. The Labute approximate surface area is 116 Å². The van der Waals surface area contributed by atoms with Crippen molar-refractivity contribution >= 4 is 0 Å². The van der Waals surface area contributed by atoms with Gasteiger partial charge in [0.05, 0.1) is 6.61 Å². The smallest absolute Gasteiger partial charge is 0.119 e. The zero-order valence-corrected chi connectivity index (χ0v) is 12.1. The molecule has 1 aromatic carbocycles. The fourth-order valence-corrected chi connectivity index (χ4v) is 2.71. The highest BCUT2D eigenvalue weighted by Gasteiger charge is 2.18. The van der Waals surface area contributed by atoms with Crippen LogP contribution in [0.3, 0.4) is 0 Å². The van der Waals surface area contributed by atoms with Gasteiger partial charge in [-0.05, 0) is 62.4 Å². The van der Waals surface area contributed by atoms with Gasteiger partial charge in [0, 0.05) is 19.8 Å². The minimum Gasteiger partial charge on any atom is -0.494 e. The first kappa shape index (κ1) is 14.4. The summed E-state index contributed by atoms with van der Waals surface area (Å²) in [4.78, 5) is 0. The quantitative estimate of drug-likeness (QED) is 0.767. The molecule has 0 saturated carbocycles. The van der Waals surface area contributed by atoms with E-state index in [1.807, 2.05) is 7.05 Å². The predicted molar refractivity (Wildman–Crippen MR) is 77.8 cm³/mol. The van der Waals surface area contributed by atoms with E-state index in [0.717, 1.165) is 31.8 Å². The second-order valence-electron chi connectivity index (χ2n) is 5.14. The van der Waals surface area contributed by atoms with Gasteiger partial charge in [0.2, 0.25) is 0 Å². The highest BCUT2D eigenvalue weighted by Crippen LogP contribution is 2.32. The van der Waals surface area contributed by atoms with Crippen LogP contribution < -0.4 is 10.1 Å². The molecule has 1 N–H and O–H groups in total. The van der Waals surface area contributed by atoms with Gasteiger partial charge < -0.3 is 14.8 Å². The number of unbranched alkanes of at least 4 members (excludes halogenated alkanes) is 1. The van der Waals surface area contributed by atoms with Crippen LogP contribution in [0, 0.1) is 0 Å². The van der Waals surface area contributed by atoms with E-state index in [1.165, 1.54) is 30.4 Å². The Morgan fingerprint density at radius 2 is 2.11 bits per heavy atom. The van der Waals surface area contributed by atoms with Crippen LogP contribution in [-0.4, -0.2) is 27.4 Å². The standard InChI is InChI=1S/C16H25NO2/c1-17-16-7-5-6-13-8-9-14(12-15(13)16)19-11-4-3-10-18-2/h8-9,12,16-17H,3-7,10-11H2,1-2H3. The molecule has 3 nitrogen and oxygen atoms in total. The SMILES string of the molecule is CNC1CCCc2ccc(OCCCCOC)cc21. The first-order valence-electron chi connectivity index (χ1n) is 7.27. The maximum Gasteiger partial charge on any atom is 0.119 e. The van der Waals surface area contributed by atoms with E-state index >= 15 is 0 Å². The molecule has 0 radical (unpaired) electrons. The molecule has 0 fully saturated rings. The van der Waals surface area contributed by atoms with Crippen LogP contribution in [0.4, 0.5) is 0 Å². The predicted octanol–water partition coefficient (Wildman–Crippen LogP) is 3.09. The summed E-state index contributed by atoms with van der Waals surface area (Å²) in [7, 11) is 3.78. The largest absolute Gasteiger partial charge is 0.494 e. The molecule has 1 aliphatic rings. The monoisotopic (exact) mass is 263 g/mol. The lowest BCUT2D eigenvalue weighted by molar-refractivity contribution is 0.184. The van der Waals surface area contributed by atoms with Crippen molar-refractivity contribution in [1.82, 2.24) is 5.32 Å². The Bertz CT molecular complexity index is 392. The minimum absolute atomic E-state index is 0.487. The summed E-state index contributed by atoms with van der Waals surface area (Å²) in [5, 5.41) is 3.40. The minimum atomic E-state index is 0.487. The number of ether oxygens (including phenoxy) is 2. The van der Waals surface area contributed by atoms with E-state index in [9.17, 15) is 0 Å². The number of hydrogen-bond donors (Lipinski definition) is 1. The van der Waals surface area contributed by atoms with Crippen molar-refractivity contribution in [3.63, 3.8) is 0 Å². The third-order valence-electron chi connectivity index (χ3n) is 3.79. The Hall–Kier alpha value is -1.06. The second kappa shape index (κ2) is 7.51. The number of methoxy groups -OCH3 is 1. The first-order chi connectivity index (χ1) is 9.35. The molecular formula is C16H25NO2. The molecule has 1 aliphatic carbocycles. The Morgan fingerprint density at radius 1 is 1.26 bits per heavy atom. The number of benzene rings is 1. The number of fused-ring (bicyclic) bond motifs is 1. The molecule has 1 unspecified atom stereocenters. The van der Waals surface area contributed by atoms with Crippen molar-refractivity contribution in [3.8, 4) is 5.75 Å². The second-order valence-corrected chi connectivity index (χ2v) is 5.14. The number of nitrogens with one attached hydrogen (secondary N) is 1. The van der Waals surface area contributed by atoms with Crippen LogP contribution in [0.2, 0.25) is 0 Å². The molecule has 0 amide bonds. The van der Waals surface area contributed by atoms with E-state index in [1.54, 1.807) is 7.11 Å². The molecule has 2 rings (SSSR count). The third kappa shape index (κ3) is 3.95. The van der Waals surface area contributed by atoms with Gasteiger partial charge in [-0.25, -0.2) is 0 Å². The zero-order chi connectivity index (χ0) is 13.5. The summed E-state index contributed by atoms with van der Waals surface area (Å²) in [5.41, 5.74) is 2.89. The average molecular weight is 263 g/mol. The van der Waals surface area contributed by atoms with Crippen LogP contribution in [0.25, 0.3) is 0 Å². The van der Waals surface area contributed by atoms with Crippen molar-refractivity contribution in [2.24, 2.45) is 0 Å². The van der Waals surface area contributed by atoms with E-state index < -0.39 is 0 Å². The van der Waals surface area contributed by atoms with E-state index in [2.05, 4.69) is 23.5 Å². The molecule has 1 atom stereocenters. The van der Waals surface area contributed by atoms with Gasteiger partial charge in [-0.15, -0.1) is 0 Å². The van der Waals surface area contributed by atoms with E-state index in [-0.39, 0.29) is 0 Å². The molecule has 0 aromatic heterocycles. The molecule has 0 spiro atoms. The zero-order valence-electron chi connectivity index (χ0n) is 12.1. The summed E-state index contributed by atoms with van der Waals surface area (Å²) in [6.45, 7) is 1.59. The van der Waals surface area contributed by atoms with Crippen LogP contribution in [0.5, 0.6) is 5.75 Å². The van der Waals surface area contributed by atoms with Gasteiger partial charge in [-0.2, -0.15) is 0 Å². The highest BCUT2D eigenvalue weighted by molar-refractivity contribution is 5.39. The molecule has 0 heterocycles. The maximum atomic E-state index is 5.83. The van der Waals surface area contributed by atoms with Crippen molar-refractivity contribution in [1.29, 1.82) is 0 Å². The summed E-state index contributed by atoms with van der Waals surface area (Å²) in [6, 6.07) is 7.03. The fourth-order valence-electron chi connectivity index (χ4n) is 2.71. The molecule has 3 heteroatoms. The maximum absolute atomic E-state index is 5.83. The van der Waals surface area contributed by atoms with Crippen molar-refractivity contribution < 1.29 is 9.47 Å². The lowest BCUT2D eigenvalue weighted by atomic mass is 9.87. The number of hydrogen-bond acceptors (Lipinski definition) is 3. The molecule has 106 valence electrons. The summed E-state index contributed by atoms with van der Waals surface area (Å²) < 4.78 is 10.9. The number of aryl methyl sites for hydroxylation is 1. The van der Waals surface area contributed by atoms with Crippen LogP contribution in [0.1, 0.15) is 42.9 Å². The molecular weight excluding hydrogens is 238 g/mol. The summed E-state index contributed by atoms with van der Waals surface area (Å²) >= 11 is 0. The number of rotatable bonds is 7. The molecule has 1 aromatic rings. The highest BCUT2D eigenvalue weighted by atomic mass is 16.5. The van der Waals surface area contributed by atoms with Crippen LogP contribution in [0.15, 0.2) is 18.2 Å². The Kier molecular flexibility index (Phi) is 5.67. The normalized spacial score (nSPS) is 18.1. The van der Waals surface area contributed by atoms with Crippen molar-refractivity contribution in [3.05, 3.63) is 29.3 Å². The Morgan fingerprint density at radius 3 is 2.89 bits per heavy atom. The van der Waals surface area contributed by atoms with Crippen molar-refractivity contribution in [2.75, 3.05) is 27.4 Å². The van der Waals surface area contributed by atoms with Gasteiger partial charge >= 0.3 is 0 Å². The third-order valence-corrected chi connectivity index (χ3v) is 3.79. The Balaban J connectivity index is 1.92. The van der Waals surface area contributed by atoms with Gasteiger partial charge in [0.15, 0.2) is 0 Å². The topological polar surface area (TPSA) is 30.5 Å². The van der Waals surface area contributed by atoms with Crippen molar-refractivity contribution in [2.45, 2.75) is 38.1 Å². The summed E-state index contributed by atoms with van der Waals surface area (Å²) in [6.07, 6.45) is 5.79. The van der Waals surface area contributed by atoms with Crippen LogP contribution >= 0.6 is 0 Å².